The molecule has 1 aromatic heterocycles. The molecule has 0 saturated carbocycles. The molecule has 5 rings (SSSR count). The molecular weight excluding hydrogens is 543 g/mol. The van der Waals surface area contributed by atoms with E-state index in [-0.39, 0.29) is 24.0 Å². The number of piperazine rings is 1. The molecule has 12 heteroatoms. The molecule has 40 heavy (non-hydrogen) atoms. The Bertz CT molecular complexity index is 1590. The van der Waals surface area contributed by atoms with Gasteiger partial charge in [-0.1, -0.05) is 12.1 Å². The highest BCUT2D eigenvalue weighted by molar-refractivity contribution is 7.89. The number of hydrogen-bond donors (Lipinski definition) is 1. The van der Waals surface area contributed by atoms with Crippen LogP contribution in [0.4, 0.5) is 24.7 Å². The number of aromatic nitrogens is 2. The van der Waals surface area contributed by atoms with Crippen LogP contribution in [0.5, 0.6) is 5.75 Å². The molecule has 1 unspecified atom stereocenters. The van der Waals surface area contributed by atoms with E-state index >= 15 is 0 Å². The first-order valence-corrected chi connectivity index (χ1v) is 14.1. The maximum Gasteiger partial charge on any atom is 0.416 e. The van der Waals surface area contributed by atoms with Gasteiger partial charge in [0.15, 0.2) is 0 Å². The molecule has 0 spiro atoms. The lowest BCUT2D eigenvalue weighted by Crippen LogP contribution is -2.49. The Labute approximate surface area is 230 Å². The number of anilines is 2. The van der Waals surface area contributed by atoms with Gasteiger partial charge >= 0.3 is 6.18 Å². The molecule has 0 bridgehead atoms. The Morgan fingerprint density at radius 2 is 1.55 bits per heavy atom. The highest BCUT2D eigenvalue weighted by Gasteiger charge is 2.33. The summed E-state index contributed by atoms with van der Waals surface area (Å²) in [7, 11) is -2.31. The molecule has 0 radical (unpaired) electrons. The number of sulfonamides is 1. The van der Waals surface area contributed by atoms with Crippen LogP contribution >= 0.6 is 0 Å². The summed E-state index contributed by atoms with van der Waals surface area (Å²) in [6, 6.07) is 18.6. The third-order valence-corrected chi connectivity index (χ3v) is 8.90. The van der Waals surface area contributed by atoms with Gasteiger partial charge in [-0.3, -0.25) is 4.90 Å². The normalized spacial score (nSPS) is 16.1. The van der Waals surface area contributed by atoms with Crippen molar-refractivity contribution in [1.82, 2.24) is 19.2 Å². The third-order valence-electron chi connectivity index (χ3n) is 6.99. The first-order valence-electron chi connectivity index (χ1n) is 12.7. The summed E-state index contributed by atoms with van der Waals surface area (Å²) in [5.74, 6) is 1.99. The lowest BCUT2D eigenvalue weighted by Gasteiger charge is -2.37. The minimum absolute atomic E-state index is 0.158. The average Bonchev–Trinajstić information content (AvgIpc) is 2.97. The Kier molecular flexibility index (Phi) is 7.67. The van der Waals surface area contributed by atoms with Crippen LogP contribution in [-0.2, 0) is 16.2 Å². The van der Waals surface area contributed by atoms with Crippen molar-refractivity contribution in [3.8, 4) is 5.75 Å². The van der Waals surface area contributed by atoms with Gasteiger partial charge in [0.2, 0.25) is 10.0 Å². The minimum atomic E-state index is -4.53. The molecule has 4 aromatic rings. The van der Waals surface area contributed by atoms with Gasteiger partial charge in [-0.05, 0) is 67.6 Å². The van der Waals surface area contributed by atoms with Crippen LogP contribution in [-0.4, -0.2) is 60.9 Å². The predicted octanol–water partition coefficient (Wildman–Crippen LogP) is 5.47. The molecule has 1 fully saturated rings. The van der Waals surface area contributed by atoms with Crippen molar-refractivity contribution in [3.05, 3.63) is 84.2 Å². The molecule has 210 valence electrons. The number of fused-ring (bicyclic) bond motifs is 1. The standard InChI is InChI=1S/C28H28F3N5O3S/c1-19(35-15-17-36(18-16-35)40(37,38)23-13-7-20(8-14-23)28(29,30)31)26-33-25-6-4-3-5-24(25)27(34-26)32-21-9-11-22(39-2)12-10-21/h3-14,19H,15-18H2,1-2H3,(H,32,33,34). The quantitative estimate of drug-likeness (QED) is 0.315. The molecule has 0 amide bonds. The molecule has 1 aliphatic rings. The summed E-state index contributed by atoms with van der Waals surface area (Å²) in [6.45, 7) is 3.19. The van der Waals surface area contributed by atoms with Crippen molar-refractivity contribution in [2.24, 2.45) is 0 Å². The molecule has 2 heterocycles. The summed E-state index contributed by atoms with van der Waals surface area (Å²) < 4.78 is 71.4. The topological polar surface area (TPSA) is 87.7 Å². The summed E-state index contributed by atoms with van der Waals surface area (Å²) >= 11 is 0. The number of nitrogens with one attached hydrogen (secondary N) is 1. The zero-order chi connectivity index (χ0) is 28.5. The van der Waals surface area contributed by atoms with E-state index in [1.165, 1.54) is 4.31 Å². The van der Waals surface area contributed by atoms with Crippen LogP contribution in [0.2, 0.25) is 0 Å². The summed E-state index contributed by atoms with van der Waals surface area (Å²) in [6.07, 6.45) is -4.53. The SMILES string of the molecule is COc1ccc(Nc2nc(C(C)N3CCN(S(=O)(=O)c4ccc(C(F)(F)F)cc4)CC3)nc3ccccc23)cc1. The number of alkyl halides is 3. The second kappa shape index (κ2) is 11.0. The van der Waals surface area contributed by atoms with Gasteiger partial charge in [-0.2, -0.15) is 17.5 Å². The number of para-hydroxylation sites is 1. The molecule has 0 aliphatic carbocycles. The molecule has 1 N–H and O–H groups in total. The number of rotatable bonds is 7. The molecule has 8 nitrogen and oxygen atoms in total. The molecular formula is C28H28F3N5O3S. The first kappa shape index (κ1) is 27.8. The van der Waals surface area contributed by atoms with E-state index in [1.807, 2.05) is 55.5 Å². The van der Waals surface area contributed by atoms with E-state index in [2.05, 4.69) is 10.2 Å². The van der Waals surface area contributed by atoms with Crippen LogP contribution in [0.3, 0.4) is 0 Å². The first-order chi connectivity index (χ1) is 19.1. The van der Waals surface area contributed by atoms with E-state index in [0.717, 1.165) is 46.6 Å². The van der Waals surface area contributed by atoms with E-state index in [9.17, 15) is 21.6 Å². The summed E-state index contributed by atoms with van der Waals surface area (Å²) in [4.78, 5) is 11.6. The Hall–Kier alpha value is -3.74. The zero-order valence-electron chi connectivity index (χ0n) is 21.9. The van der Waals surface area contributed by atoms with Crippen molar-refractivity contribution < 1.29 is 26.3 Å². The Balaban J connectivity index is 1.32. The Morgan fingerprint density at radius 3 is 2.17 bits per heavy atom. The fraction of sp³-hybridized carbons (Fsp3) is 0.286. The van der Waals surface area contributed by atoms with Crippen molar-refractivity contribution >= 4 is 32.4 Å². The van der Waals surface area contributed by atoms with Crippen molar-refractivity contribution in [2.75, 3.05) is 38.6 Å². The fourth-order valence-electron chi connectivity index (χ4n) is 4.65. The van der Waals surface area contributed by atoms with Gasteiger partial charge in [0, 0.05) is 37.3 Å². The number of ether oxygens (including phenoxy) is 1. The molecule has 1 aliphatic heterocycles. The van der Waals surface area contributed by atoms with Gasteiger partial charge in [0.05, 0.1) is 29.1 Å². The highest BCUT2D eigenvalue weighted by Crippen LogP contribution is 2.31. The zero-order valence-corrected chi connectivity index (χ0v) is 22.7. The van der Waals surface area contributed by atoms with Crippen LogP contribution in [0.1, 0.15) is 24.4 Å². The third kappa shape index (κ3) is 5.74. The van der Waals surface area contributed by atoms with Crippen LogP contribution < -0.4 is 10.1 Å². The van der Waals surface area contributed by atoms with Crippen molar-refractivity contribution in [2.45, 2.75) is 24.0 Å². The molecule has 3 aromatic carbocycles. The number of halogens is 3. The predicted molar refractivity (Wildman–Crippen MR) is 146 cm³/mol. The van der Waals surface area contributed by atoms with E-state index < -0.39 is 21.8 Å². The van der Waals surface area contributed by atoms with E-state index in [1.54, 1.807) is 7.11 Å². The lowest BCUT2D eigenvalue weighted by atomic mass is 10.2. The minimum Gasteiger partial charge on any atom is -0.497 e. The van der Waals surface area contributed by atoms with Crippen LogP contribution in [0.15, 0.2) is 77.7 Å². The maximum absolute atomic E-state index is 13.1. The second-order valence-electron chi connectivity index (χ2n) is 9.44. The van der Waals surface area contributed by atoms with Gasteiger partial charge < -0.3 is 10.1 Å². The Morgan fingerprint density at radius 1 is 0.900 bits per heavy atom. The van der Waals surface area contributed by atoms with E-state index in [4.69, 9.17) is 14.7 Å². The van der Waals surface area contributed by atoms with Gasteiger partial charge in [-0.15, -0.1) is 0 Å². The number of benzene rings is 3. The fourth-order valence-corrected chi connectivity index (χ4v) is 6.07. The summed E-state index contributed by atoms with van der Waals surface area (Å²) in [5.41, 5.74) is 0.727. The monoisotopic (exact) mass is 571 g/mol. The highest BCUT2D eigenvalue weighted by atomic mass is 32.2. The van der Waals surface area contributed by atoms with Crippen molar-refractivity contribution in [1.29, 1.82) is 0 Å². The lowest BCUT2D eigenvalue weighted by molar-refractivity contribution is -0.137. The van der Waals surface area contributed by atoms with Gasteiger partial charge in [0.25, 0.3) is 0 Å². The van der Waals surface area contributed by atoms with Crippen molar-refractivity contribution in [3.63, 3.8) is 0 Å². The van der Waals surface area contributed by atoms with Gasteiger partial charge in [-0.25, -0.2) is 18.4 Å². The molecule has 1 saturated heterocycles. The average molecular weight is 572 g/mol. The maximum atomic E-state index is 13.1. The number of nitrogens with zero attached hydrogens (tertiary/aromatic N) is 4. The number of hydrogen-bond acceptors (Lipinski definition) is 7. The van der Waals surface area contributed by atoms with E-state index in [0.29, 0.717) is 24.7 Å². The largest absolute Gasteiger partial charge is 0.497 e. The summed E-state index contributed by atoms with van der Waals surface area (Å²) in [5, 5.41) is 4.23. The smallest absolute Gasteiger partial charge is 0.416 e. The van der Waals surface area contributed by atoms with Gasteiger partial charge in [0.1, 0.15) is 17.4 Å². The van der Waals surface area contributed by atoms with Crippen LogP contribution in [0, 0.1) is 0 Å². The van der Waals surface area contributed by atoms with Crippen LogP contribution in [0.25, 0.3) is 10.9 Å². The second-order valence-corrected chi connectivity index (χ2v) is 11.4. The number of methoxy groups -OCH3 is 1. The molecule has 1 atom stereocenters.